The molecule has 1 aromatic rings. The van der Waals surface area contributed by atoms with Crippen LogP contribution in [-0.4, -0.2) is 11.9 Å². The molecule has 1 aromatic carbocycles. The van der Waals surface area contributed by atoms with E-state index in [9.17, 15) is 18.0 Å². The Labute approximate surface area is 113 Å². The quantitative estimate of drug-likeness (QED) is 0.868. The predicted octanol–water partition coefficient (Wildman–Crippen LogP) is 2.88. The predicted molar refractivity (Wildman–Crippen MR) is 67.2 cm³/mol. The smallest absolute Gasteiger partial charge is 0.416 e. The minimum atomic E-state index is -4.48. The number of nitrogens with two attached hydrogens (primary N) is 1. The van der Waals surface area contributed by atoms with Crippen molar-refractivity contribution in [1.29, 1.82) is 0 Å². The van der Waals surface area contributed by atoms with Crippen LogP contribution >= 0.6 is 0 Å². The molecule has 1 unspecified atom stereocenters. The molecular weight excluding hydrogens is 271 g/mol. The van der Waals surface area contributed by atoms with E-state index in [0.29, 0.717) is 0 Å². The molecule has 20 heavy (non-hydrogen) atoms. The number of benzene rings is 1. The van der Waals surface area contributed by atoms with Crippen LogP contribution in [0.2, 0.25) is 0 Å². The molecule has 0 aliphatic carbocycles. The topological polar surface area (TPSA) is 52.3 Å². The van der Waals surface area contributed by atoms with Gasteiger partial charge in [0.15, 0.2) is 12.0 Å². The molecule has 106 valence electrons. The highest BCUT2D eigenvalue weighted by molar-refractivity contribution is 6.25. The molecule has 3 nitrogen and oxygen atoms in total. The Balaban J connectivity index is 2.39. The van der Waals surface area contributed by atoms with Crippen LogP contribution in [0.1, 0.15) is 17.5 Å². The van der Waals surface area contributed by atoms with Crippen LogP contribution in [0.4, 0.5) is 13.2 Å². The molecule has 1 aliphatic rings. The number of ether oxygens (including phenoxy) is 1. The van der Waals surface area contributed by atoms with E-state index < -0.39 is 23.6 Å². The van der Waals surface area contributed by atoms with E-state index in [4.69, 9.17) is 10.5 Å². The van der Waals surface area contributed by atoms with Gasteiger partial charge in [-0.2, -0.15) is 13.2 Å². The highest BCUT2D eigenvalue weighted by Crippen LogP contribution is 2.34. The zero-order valence-electron chi connectivity index (χ0n) is 10.4. The molecule has 0 saturated heterocycles. The molecule has 0 aromatic heterocycles. The van der Waals surface area contributed by atoms with Gasteiger partial charge < -0.3 is 10.5 Å². The first kappa shape index (κ1) is 14.2. The number of halogens is 3. The van der Waals surface area contributed by atoms with Gasteiger partial charge in [-0.05, 0) is 17.7 Å². The van der Waals surface area contributed by atoms with Gasteiger partial charge >= 0.3 is 6.18 Å². The maximum absolute atomic E-state index is 12.7. The van der Waals surface area contributed by atoms with Crippen LogP contribution in [0.15, 0.2) is 42.8 Å². The van der Waals surface area contributed by atoms with Gasteiger partial charge in [0, 0.05) is 6.42 Å². The van der Waals surface area contributed by atoms with Crippen molar-refractivity contribution in [2.24, 2.45) is 5.73 Å². The summed E-state index contributed by atoms with van der Waals surface area (Å²) < 4.78 is 43.2. The largest absolute Gasteiger partial charge is 0.467 e. The van der Waals surface area contributed by atoms with Crippen LogP contribution in [-0.2, 0) is 15.7 Å². The van der Waals surface area contributed by atoms with Gasteiger partial charge in [0.2, 0.25) is 5.78 Å². The molecule has 2 N–H and O–H groups in total. The lowest BCUT2D eigenvalue weighted by Gasteiger charge is -2.08. The highest BCUT2D eigenvalue weighted by atomic mass is 19.4. The molecule has 0 radical (unpaired) electrons. The first-order chi connectivity index (χ1) is 9.34. The van der Waals surface area contributed by atoms with E-state index in [0.717, 1.165) is 12.1 Å². The zero-order valence-corrected chi connectivity index (χ0v) is 10.4. The van der Waals surface area contributed by atoms with E-state index in [1.165, 1.54) is 18.2 Å². The highest BCUT2D eigenvalue weighted by Gasteiger charge is 2.36. The Morgan fingerprint density at radius 3 is 2.70 bits per heavy atom. The first-order valence-corrected chi connectivity index (χ1v) is 5.83. The van der Waals surface area contributed by atoms with Crippen LogP contribution in [0.3, 0.4) is 0 Å². The summed E-state index contributed by atoms with van der Waals surface area (Å²) in [7, 11) is 0. The second-order valence-electron chi connectivity index (χ2n) is 4.31. The molecule has 1 atom stereocenters. The van der Waals surface area contributed by atoms with Gasteiger partial charge in [-0.25, -0.2) is 0 Å². The molecule has 6 heteroatoms. The summed E-state index contributed by atoms with van der Waals surface area (Å²) in [5, 5.41) is 0. The van der Waals surface area contributed by atoms with Gasteiger partial charge in [-0.3, -0.25) is 4.79 Å². The molecule has 2 rings (SSSR count). The van der Waals surface area contributed by atoms with E-state index in [2.05, 4.69) is 6.58 Å². The van der Waals surface area contributed by atoms with Crippen molar-refractivity contribution in [2.75, 3.05) is 0 Å². The minimum absolute atomic E-state index is 0.0112. The van der Waals surface area contributed by atoms with Gasteiger partial charge in [0.05, 0.1) is 11.1 Å². The van der Waals surface area contributed by atoms with Crippen molar-refractivity contribution in [3.8, 4) is 0 Å². The normalized spacial score (nSPS) is 19.1. The van der Waals surface area contributed by atoms with Crippen LogP contribution in [0, 0.1) is 0 Å². The number of Topliss-reactive ketones (excluding diaryl/α,β-unsaturated/α-hetero) is 1. The third kappa shape index (κ3) is 2.54. The lowest BCUT2D eigenvalue weighted by atomic mass is 9.97. The summed E-state index contributed by atoms with van der Waals surface area (Å²) in [6.45, 7) is 3.49. The number of hydrogen-bond donors (Lipinski definition) is 1. The molecule has 1 aliphatic heterocycles. The number of hydrogen-bond acceptors (Lipinski definition) is 3. The fourth-order valence-corrected chi connectivity index (χ4v) is 1.99. The molecule has 0 amide bonds. The number of carbonyl (C=O) groups excluding carboxylic acids is 1. The molecule has 1 heterocycles. The molecule has 0 fully saturated rings. The lowest BCUT2D eigenvalue weighted by Crippen LogP contribution is -2.17. The summed E-state index contributed by atoms with van der Waals surface area (Å²) >= 11 is 0. The van der Waals surface area contributed by atoms with Crippen LogP contribution < -0.4 is 5.73 Å². The van der Waals surface area contributed by atoms with Crippen molar-refractivity contribution in [3.05, 3.63) is 53.9 Å². The third-order valence-electron chi connectivity index (χ3n) is 2.91. The van der Waals surface area contributed by atoms with E-state index in [-0.39, 0.29) is 23.4 Å². The van der Waals surface area contributed by atoms with Gasteiger partial charge in [-0.1, -0.05) is 18.2 Å². The third-order valence-corrected chi connectivity index (χ3v) is 2.91. The monoisotopic (exact) mass is 283 g/mol. The van der Waals surface area contributed by atoms with Crippen LogP contribution in [0.5, 0.6) is 0 Å². The maximum Gasteiger partial charge on any atom is 0.416 e. The second-order valence-corrected chi connectivity index (χ2v) is 4.31. The van der Waals surface area contributed by atoms with E-state index >= 15 is 0 Å². The average Bonchev–Trinajstić information content (AvgIpc) is 2.64. The number of ketones is 1. The van der Waals surface area contributed by atoms with E-state index in [1.54, 1.807) is 0 Å². The standard InChI is InChI=1S/C14H12F3NO2/c1-2-4-10-12(19)11(13(18)20-10)8-5-3-6-9(7-8)14(15,16)17/h2-3,5-7,10H,1,4,18H2. The summed E-state index contributed by atoms with van der Waals surface area (Å²) in [6, 6.07) is 4.45. The Hall–Kier alpha value is -2.24. The molecule has 0 spiro atoms. The SMILES string of the molecule is C=CCC1OC(N)=C(c2cccc(C(F)(F)F)c2)C1=O. The second kappa shape index (κ2) is 5.03. The summed E-state index contributed by atoms with van der Waals surface area (Å²) in [5.74, 6) is -0.581. The fraction of sp³-hybridized carbons (Fsp3) is 0.214. The van der Waals surface area contributed by atoms with Crippen molar-refractivity contribution in [3.63, 3.8) is 0 Å². The van der Waals surface area contributed by atoms with E-state index in [1.807, 2.05) is 0 Å². The van der Waals surface area contributed by atoms with Crippen molar-refractivity contribution >= 4 is 11.4 Å². The summed E-state index contributed by atoms with van der Waals surface area (Å²) in [4.78, 5) is 12.1. The van der Waals surface area contributed by atoms with Gasteiger partial charge in [-0.15, -0.1) is 6.58 Å². The summed E-state index contributed by atoms with van der Waals surface area (Å²) in [6.07, 6.45) is -3.54. The number of alkyl halides is 3. The molecular formula is C14H12F3NO2. The van der Waals surface area contributed by atoms with Gasteiger partial charge in [0.25, 0.3) is 0 Å². The van der Waals surface area contributed by atoms with Crippen LogP contribution in [0.25, 0.3) is 5.57 Å². The fourth-order valence-electron chi connectivity index (χ4n) is 1.99. The maximum atomic E-state index is 12.7. The average molecular weight is 283 g/mol. The van der Waals surface area contributed by atoms with Crippen molar-refractivity contribution in [2.45, 2.75) is 18.7 Å². The Bertz CT molecular complexity index is 590. The first-order valence-electron chi connectivity index (χ1n) is 5.83. The van der Waals surface area contributed by atoms with Gasteiger partial charge in [0.1, 0.15) is 0 Å². The Morgan fingerprint density at radius 1 is 1.40 bits per heavy atom. The molecule has 0 saturated carbocycles. The summed E-state index contributed by atoms with van der Waals surface area (Å²) in [5.41, 5.74) is 4.86. The number of rotatable bonds is 3. The lowest BCUT2D eigenvalue weighted by molar-refractivity contribution is -0.137. The van der Waals surface area contributed by atoms with Crippen molar-refractivity contribution in [1.82, 2.24) is 0 Å². The number of carbonyl (C=O) groups is 1. The molecule has 0 bridgehead atoms. The Kier molecular flexibility index (Phi) is 3.57. The minimum Gasteiger partial charge on any atom is -0.467 e. The Morgan fingerprint density at radius 2 is 2.10 bits per heavy atom. The van der Waals surface area contributed by atoms with Crippen molar-refractivity contribution < 1.29 is 22.7 Å². The zero-order chi connectivity index (χ0) is 14.9.